The van der Waals surface area contributed by atoms with E-state index in [1.165, 1.54) is 0 Å². The van der Waals surface area contributed by atoms with Crippen molar-refractivity contribution < 1.29 is 4.79 Å². The van der Waals surface area contributed by atoms with Crippen LogP contribution in [0.15, 0.2) is 70.8 Å². The standard InChI is InChI=1S/C21H20BrN3O/c1-3-12-25-15(2)19(18-6-4-5-7-20(18)25)14-23-24-21(26)13-16-8-10-17(22)11-9-16/h3-11,14H,1,12-13H2,2H3,(H,24,26)/b23-14+. The quantitative estimate of drug-likeness (QED) is 0.361. The van der Waals surface area contributed by atoms with Gasteiger partial charge in [0.2, 0.25) is 5.91 Å². The molecule has 0 saturated carbocycles. The van der Waals surface area contributed by atoms with E-state index in [0.717, 1.165) is 38.7 Å². The molecule has 132 valence electrons. The van der Waals surface area contributed by atoms with Gasteiger partial charge < -0.3 is 4.57 Å². The van der Waals surface area contributed by atoms with Crippen LogP contribution in [0, 0.1) is 6.92 Å². The summed E-state index contributed by atoms with van der Waals surface area (Å²) in [6.07, 6.45) is 3.89. The lowest BCUT2D eigenvalue weighted by atomic mass is 10.1. The van der Waals surface area contributed by atoms with Crippen molar-refractivity contribution in [1.82, 2.24) is 9.99 Å². The van der Waals surface area contributed by atoms with Crippen LogP contribution in [-0.4, -0.2) is 16.7 Å². The number of hydrazone groups is 1. The highest BCUT2D eigenvalue weighted by Gasteiger charge is 2.11. The van der Waals surface area contributed by atoms with Crippen molar-refractivity contribution in [2.24, 2.45) is 5.10 Å². The van der Waals surface area contributed by atoms with Crippen LogP contribution < -0.4 is 5.43 Å². The van der Waals surface area contributed by atoms with Crippen LogP contribution in [0.2, 0.25) is 0 Å². The van der Waals surface area contributed by atoms with Crippen LogP contribution in [0.4, 0.5) is 0 Å². The second-order valence-electron chi connectivity index (χ2n) is 6.01. The van der Waals surface area contributed by atoms with Crippen molar-refractivity contribution >= 4 is 39.0 Å². The van der Waals surface area contributed by atoms with Crippen molar-refractivity contribution in [2.45, 2.75) is 19.9 Å². The first-order valence-corrected chi connectivity index (χ1v) is 9.14. The maximum atomic E-state index is 12.1. The SMILES string of the molecule is C=CCn1c(C)c(/C=N/NC(=O)Cc2ccc(Br)cc2)c2ccccc21. The number of para-hydroxylation sites is 1. The van der Waals surface area contributed by atoms with Gasteiger partial charge in [0.1, 0.15) is 0 Å². The van der Waals surface area contributed by atoms with Crippen LogP contribution >= 0.6 is 15.9 Å². The van der Waals surface area contributed by atoms with Crippen molar-refractivity contribution in [2.75, 3.05) is 0 Å². The number of hydrogen-bond acceptors (Lipinski definition) is 2. The molecule has 0 aliphatic heterocycles. The van der Waals surface area contributed by atoms with Crippen LogP contribution in [0.3, 0.4) is 0 Å². The minimum atomic E-state index is -0.143. The Balaban J connectivity index is 1.76. The Morgan fingerprint density at radius 1 is 1.23 bits per heavy atom. The molecule has 0 aliphatic carbocycles. The number of halogens is 1. The molecule has 3 aromatic rings. The van der Waals surface area contributed by atoms with E-state index >= 15 is 0 Å². The number of aromatic nitrogens is 1. The average Bonchev–Trinajstić information content (AvgIpc) is 2.90. The lowest BCUT2D eigenvalue weighted by Crippen LogP contribution is -2.19. The van der Waals surface area contributed by atoms with E-state index in [2.05, 4.69) is 56.7 Å². The predicted molar refractivity (Wildman–Crippen MR) is 110 cm³/mol. The molecule has 3 rings (SSSR count). The minimum Gasteiger partial charge on any atom is -0.340 e. The first-order chi connectivity index (χ1) is 12.6. The zero-order valence-electron chi connectivity index (χ0n) is 14.6. The lowest BCUT2D eigenvalue weighted by Gasteiger charge is -2.04. The predicted octanol–water partition coefficient (Wildman–Crippen LogP) is 4.59. The number of nitrogens with one attached hydrogen (secondary N) is 1. The molecule has 2 aromatic carbocycles. The number of carbonyl (C=O) groups is 1. The molecule has 5 heteroatoms. The van der Waals surface area contributed by atoms with Crippen LogP contribution in [0.25, 0.3) is 10.9 Å². The van der Waals surface area contributed by atoms with Gasteiger partial charge in [-0.1, -0.05) is 52.3 Å². The van der Waals surface area contributed by atoms with E-state index in [9.17, 15) is 4.79 Å². The van der Waals surface area contributed by atoms with Gasteiger partial charge in [-0.25, -0.2) is 5.43 Å². The number of rotatable bonds is 6. The molecule has 1 heterocycles. The van der Waals surface area contributed by atoms with Crippen molar-refractivity contribution in [3.05, 3.63) is 82.5 Å². The number of carbonyl (C=O) groups excluding carboxylic acids is 1. The van der Waals surface area contributed by atoms with Crippen molar-refractivity contribution in [1.29, 1.82) is 0 Å². The van der Waals surface area contributed by atoms with Crippen LogP contribution in [0.1, 0.15) is 16.8 Å². The highest BCUT2D eigenvalue weighted by atomic mass is 79.9. The lowest BCUT2D eigenvalue weighted by molar-refractivity contribution is -0.120. The van der Waals surface area contributed by atoms with Crippen molar-refractivity contribution in [3.8, 4) is 0 Å². The third kappa shape index (κ3) is 3.94. The van der Waals surface area contributed by atoms with E-state index in [0.29, 0.717) is 6.42 Å². The average molecular weight is 410 g/mol. The number of nitrogens with zero attached hydrogens (tertiary/aromatic N) is 2. The minimum absolute atomic E-state index is 0.143. The van der Waals surface area contributed by atoms with Gasteiger partial charge in [-0.3, -0.25) is 4.79 Å². The van der Waals surface area contributed by atoms with Gasteiger partial charge in [0.15, 0.2) is 0 Å². The number of hydrogen-bond donors (Lipinski definition) is 1. The summed E-state index contributed by atoms with van der Waals surface area (Å²) in [6.45, 7) is 6.61. The molecular formula is C21H20BrN3O. The molecule has 0 unspecified atom stereocenters. The van der Waals surface area contributed by atoms with E-state index in [-0.39, 0.29) is 5.91 Å². The molecule has 0 fully saturated rings. The molecule has 1 amide bonds. The summed E-state index contributed by atoms with van der Waals surface area (Å²) in [6, 6.07) is 15.8. The third-order valence-electron chi connectivity index (χ3n) is 4.25. The first kappa shape index (κ1) is 18.1. The van der Waals surface area contributed by atoms with E-state index in [1.807, 2.05) is 42.5 Å². The van der Waals surface area contributed by atoms with Gasteiger partial charge in [0, 0.05) is 33.2 Å². The molecule has 0 radical (unpaired) electrons. The second kappa shape index (κ2) is 8.15. The first-order valence-electron chi connectivity index (χ1n) is 8.35. The van der Waals surface area contributed by atoms with Gasteiger partial charge >= 0.3 is 0 Å². The molecule has 0 atom stereocenters. The summed E-state index contributed by atoms with van der Waals surface area (Å²) >= 11 is 3.39. The number of benzene rings is 2. The summed E-state index contributed by atoms with van der Waals surface area (Å²) in [4.78, 5) is 12.1. The zero-order chi connectivity index (χ0) is 18.5. The van der Waals surface area contributed by atoms with Gasteiger partial charge in [-0.05, 0) is 30.7 Å². The molecule has 26 heavy (non-hydrogen) atoms. The van der Waals surface area contributed by atoms with Gasteiger partial charge in [0.05, 0.1) is 12.6 Å². The topological polar surface area (TPSA) is 46.4 Å². The maximum Gasteiger partial charge on any atom is 0.244 e. The second-order valence-corrected chi connectivity index (χ2v) is 6.93. The third-order valence-corrected chi connectivity index (χ3v) is 4.78. The normalized spacial score (nSPS) is 11.2. The van der Waals surface area contributed by atoms with Gasteiger partial charge in [-0.2, -0.15) is 5.10 Å². The molecule has 1 N–H and O–H groups in total. The summed E-state index contributed by atoms with van der Waals surface area (Å²) in [5.74, 6) is -0.143. The van der Waals surface area contributed by atoms with E-state index in [1.54, 1.807) is 6.21 Å². The van der Waals surface area contributed by atoms with E-state index in [4.69, 9.17) is 0 Å². The van der Waals surface area contributed by atoms with Crippen LogP contribution in [0.5, 0.6) is 0 Å². The fourth-order valence-corrected chi connectivity index (χ4v) is 3.25. The van der Waals surface area contributed by atoms with Crippen molar-refractivity contribution in [3.63, 3.8) is 0 Å². The largest absolute Gasteiger partial charge is 0.340 e. The van der Waals surface area contributed by atoms with Gasteiger partial charge in [0.25, 0.3) is 0 Å². The maximum absolute atomic E-state index is 12.1. The Kier molecular flexibility index (Phi) is 5.68. The molecule has 0 spiro atoms. The smallest absolute Gasteiger partial charge is 0.244 e. The monoisotopic (exact) mass is 409 g/mol. The van der Waals surface area contributed by atoms with Crippen LogP contribution in [-0.2, 0) is 17.8 Å². The molecular weight excluding hydrogens is 390 g/mol. The van der Waals surface area contributed by atoms with E-state index < -0.39 is 0 Å². The Labute approximate surface area is 161 Å². The fourth-order valence-electron chi connectivity index (χ4n) is 2.98. The zero-order valence-corrected chi connectivity index (χ0v) is 16.2. The van der Waals surface area contributed by atoms with Gasteiger partial charge in [-0.15, -0.1) is 6.58 Å². The number of fused-ring (bicyclic) bond motifs is 1. The Hall–Kier alpha value is -2.66. The summed E-state index contributed by atoms with van der Waals surface area (Å²) in [5.41, 5.74) is 6.79. The Morgan fingerprint density at radius 2 is 1.96 bits per heavy atom. The highest BCUT2D eigenvalue weighted by Crippen LogP contribution is 2.24. The molecule has 4 nitrogen and oxygen atoms in total. The summed E-state index contributed by atoms with van der Waals surface area (Å²) < 4.78 is 3.18. The summed E-state index contributed by atoms with van der Waals surface area (Å²) in [5, 5.41) is 5.28. The molecule has 1 aromatic heterocycles. The highest BCUT2D eigenvalue weighted by molar-refractivity contribution is 9.10. The molecule has 0 aliphatic rings. The molecule has 0 saturated heterocycles. The number of allylic oxidation sites excluding steroid dienone is 1. The fraction of sp³-hybridized carbons (Fsp3) is 0.143. The molecule has 0 bridgehead atoms. The Morgan fingerprint density at radius 3 is 2.69 bits per heavy atom. The summed E-state index contributed by atoms with van der Waals surface area (Å²) in [7, 11) is 0. The number of amides is 1. The Bertz CT molecular complexity index is 971.